The van der Waals surface area contributed by atoms with Crippen LogP contribution >= 0.6 is 0 Å². The molecule has 0 saturated heterocycles. The van der Waals surface area contributed by atoms with Crippen LogP contribution in [0.2, 0.25) is 0 Å². The minimum Gasteiger partial charge on any atom is -0.501 e. The van der Waals surface area contributed by atoms with Crippen molar-refractivity contribution in [2.75, 3.05) is 7.11 Å². The Hall–Kier alpha value is -3.23. The van der Waals surface area contributed by atoms with Gasteiger partial charge in [0, 0.05) is 6.07 Å². The summed E-state index contributed by atoms with van der Waals surface area (Å²) in [4.78, 5) is 29.1. The Bertz CT molecular complexity index is 731. The second-order valence-electron chi connectivity index (χ2n) is 3.83. The Balaban J connectivity index is 2.69. The number of para-hydroxylation sites is 1. The second-order valence-corrected chi connectivity index (χ2v) is 3.83. The summed E-state index contributed by atoms with van der Waals surface area (Å²) < 4.78 is 4.41. The molecule has 108 valence electrons. The van der Waals surface area contributed by atoms with E-state index in [1.54, 1.807) is 0 Å². The molecule has 0 fully saturated rings. The number of nitrogens with zero attached hydrogens (tertiary/aromatic N) is 3. The molecule has 0 aliphatic rings. The summed E-state index contributed by atoms with van der Waals surface area (Å²) in [6.45, 7) is 0. The molecule has 0 radical (unpaired) electrons. The number of methoxy groups -OCH3 is 1. The summed E-state index contributed by atoms with van der Waals surface area (Å²) in [5.41, 5.74) is -0.903. The topological polar surface area (TPSA) is 136 Å². The summed E-state index contributed by atoms with van der Waals surface area (Å²) in [6.07, 6.45) is 0. The average Bonchev–Trinajstić information content (AvgIpc) is 2.49. The van der Waals surface area contributed by atoms with Crippen molar-refractivity contribution >= 4 is 11.7 Å². The molecule has 1 aromatic heterocycles. The summed E-state index contributed by atoms with van der Waals surface area (Å²) >= 11 is 0. The van der Waals surface area contributed by atoms with Gasteiger partial charge in [-0.05, 0) is 6.07 Å². The molecule has 2 rings (SSSR count). The molecular weight excluding hydrogens is 282 g/mol. The van der Waals surface area contributed by atoms with Crippen molar-refractivity contribution in [3.05, 3.63) is 40.1 Å². The van der Waals surface area contributed by atoms with Crippen LogP contribution < -0.4 is 0 Å². The zero-order chi connectivity index (χ0) is 15.6. The molecule has 0 bridgehead atoms. The van der Waals surface area contributed by atoms with Gasteiger partial charge >= 0.3 is 5.97 Å². The predicted octanol–water partition coefficient (Wildman–Crippen LogP) is 1.25. The van der Waals surface area contributed by atoms with Crippen LogP contribution in [0.3, 0.4) is 0 Å². The molecule has 1 aromatic carbocycles. The van der Waals surface area contributed by atoms with E-state index < -0.39 is 28.2 Å². The summed E-state index contributed by atoms with van der Waals surface area (Å²) in [7, 11) is 1.06. The van der Waals surface area contributed by atoms with Crippen LogP contribution in [0.4, 0.5) is 5.69 Å². The van der Waals surface area contributed by atoms with E-state index in [0.717, 1.165) is 7.11 Å². The number of esters is 1. The third-order valence-electron chi connectivity index (χ3n) is 2.59. The van der Waals surface area contributed by atoms with Gasteiger partial charge in [0.25, 0.3) is 11.6 Å². The molecule has 9 nitrogen and oxygen atoms in total. The van der Waals surface area contributed by atoms with Crippen LogP contribution in [0.5, 0.6) is 11.6 Å². The highest BCUT2D eigenvalue weighted by atomic mass is 16.6. The maximum absolute atomic E-state index is 11.5. The normalized spacial score (nSPS) is 10.1. The number of carbonyl (C=O) groups excluding carboxylic acids is 1. The average molecular weight is 291 g/mol. The van der Waals surface area contributed by atoms with Gasteiger partial charge in [-0.2, -0.15) is 4.98 Å². The van der Waals surface area contributed by atoms with E-state index >= 15 is 0 Å². The fourth-order valence-electron chi connectivity index (χ4n) is 1.62. The van der Waals surface area contributed by atoms with E-state index in [9.17, 15) is 25.1 Å². The zero-order valence-corrected chi connectivity index (χ0v) is 10.7. The zero-order valence-electron chi connectivity index (χ0n) is 10.7. The molecule has 21 heavy (non-hydrogen) atoms. The van der Waals surface area contributed by atoms with E-state index in [0.29, 0.717) is 0 Å². The number of nitro groups is 1. The lowest BCUT2D eigenvalue weighted by Gasteiger charge is -2.07. The third-order valence-corrected chi connectivity index (χ3v) is 2.59. The molecule has 0 amide bonds. The molecule has 1 heterocycles. The van der Waals surface area contributed by atoms with E-state index in [1.165, 1.54) is 24.3 Å². The Morgan fingerprint density at radius 3 is 2.57 bits per heavy atom. The number of aromatic nitrogens is 2. The number of nitro benzene ring substituents is 1. The monoisotopic (exact) mass is 291 g/mol. The second kappa shape index (κ2) is 5.41. The van der Waals surface area contributed by atoms with Gasteiger partial charge in [0.1, 0.15) is 0 Å². The van der Waals surface area contributed by atoms with Crippen molar-refractivity contribution in [3.8, 4) is 23.0 Å². The van der Waals surface area contributed by atoms with Gasteiger partial charge in [0.05, 0.1) is 17.6 Å². The van der Waals surface area contributed by atoms with E-state index in [2.05, 4.69) is 14.7 Å². The van der Waals surface area contributed by atoms with Gasteiger partial charge in [0.15, 0.2) is 11.5 Å². The minimum atomic E-state index is -1.01. The quantitative estimate of drug-likeness (QED) is 0.490. The lowest BCUT2D eigenvalue weighted by atomic mass is 10.1. The van der Waals surface area contributed by atoms with Gasteiger partial charge in [-0.3, -0.25) is 10.1 Å². The summed E-state index contributed by atoms with van der Waals surface area (Å²) in [5, 5.41) is 30.0. The highest BCUT2D eigenvalue weighted by Crippen LogP contribution is 2.32. The van der Waals surface area contributed by atoms with Crippen molar-refractivity contribution in [2.24, 2.45) is 0 Å². The largest absolute Gasteiger partial charge is 0.501 e. The van der Waals surface area contributed by atoms with Gasteiger partial charge in [-0.15, -0.1) is 0 Å². The fraction of sp³-hybridized carbons (Fsp3) is 0.0833. The van der Waals surface area contributed by atoms with Gasteiger partial charge in [0.2, 0.25) is 5.75 Å². The van der Waals surface area contributed by atoms with Crippen LogP contribution in [0.1, 0.15) is 10.5 Å². The van der Waals surface area contributed by atoms with Crippen molar-refractivity contribution < 1.29 is 24.7 Å². The summed E-state index contributed by atoms with van der Waals surface area (Å²) in [6, 6.07) is 5.53. The number of hydrogen-bond donors (Lipinski definition) is 2. The first-order valence-electron chi connectivity index (χ1n) is 5.57. The first-order valence-corrected chi connectivity index (χ1v) is 5.57. The van der Waals surface area contributed by atoms with E-state index in [-0.39, 0.29) is 17.1 Å². The Kier molecular flexibility index (Phi) is 3.65. The molecule has 0 unspecified atom stereocenters. The number of ether oxygens (including phenoxy) is 1. The van der Waals surface area contributed by atoms with Gasteiger partial charge in [-0.1, -0.05) is 12.1 Å². The molecule has 2 N–H and O–H groups in total. The molecule has 0 atom stereocenters. The maximum atomic E-state index is 11.5. The van der Waals surface area contributed by atoms with Crippen molar-refractivity contribution in [1.82, 2.24) is 9.97 Å². The molecule has 0 saturated carbocycles. The number of carbonyl (C=O) groups is 1. The molecular formula is C12H9N3O6. The SMILES string of the molecule is COC(=O)c1nc(-c2ccccc2[N+](=O)[O-])nc(O)c1O. The Labute approximate surface area is 117 Å². The van der Waals surface area contributed by atoms with Crippen LogP contribution in [0.15, 0.2) is 24.3 Å². The molecule has 0 spiro atoms. The first kappa shape index (κ1) is 14.2. The van der Waals surface area contributed by atoms with Crippen molar-refractivity contribution in [2.45, 2.75) is 0 Å². The molecule has 0 aliphatic carbocycles. The molecule has 9 heteroatoms. The molecule has 0 aliphatic heterocycles. The highest BCUT2D eigenvalue weighted by Gasteiger charge is 2.24. The summed E-state index contributed by atoms with van der Waals surface area (Å²) in [5.74, 6) is -3.02. The predicted molar refractivity (Wildman–Crippen MR) is 68.8 cm³/mol. The first-order chi connectivity index (χ1) is 9.95. The maximum Gasteiger partial charge on any atom is 0.360 e. The third kappa shape index (κ3) is 2.56. The lowest BCUT2D eigenvalue weighted by Crippen LogP contribution is -2.07. The van der Waals surface area contributed by atoms with Gasteiger partial charge in [-0.25, -0.2) is 9.78 Å². The van der Waals surface area contributed by atoms with Crippen LogP contribution in [-0.4, -0.2) is 38.2 Å². The number of benzene rings is 1. The van der Waals surface area contributed by atoms with E-state index in [1.807, 2.05) is 0 Å². The van der Waals surface area contributed by atoms with Crippen molar-refractivity contribution in [1.29, 1.82) is 0 Å². The van der Waals surface area contributed by atoms with Crippen molar-refractivity contribution in [3.63, 3.8) is 0 Å². The number of aromatic hydroxyl groups is 2. The van der Waals surface area contributed by atoms with Gasteiger partial charge < -0.3 is 14.9 Å². The standard InChI is InChI=1S/C12H9N3O6/c1-21-12(18)8-9(16)11(17)14-10(13-8)6-4-2-3-5-7(6)15(19)20/h2-5,16H,1H3,(H,13,14,17). The van der Waals surface area contributed by atoms with Crippen LogP contribution in [-0.2, 0) is 4.74 Å². The lowest BCUT2D eigenvalue weighted by molar-refractivity contribution is -0.384. The van der Waals surface area contributed by atoms with E-state index in [4.69, 9.17) is 0 Å². The Morgan fingerprint density at radius 2 is 1.95 bits per heavy atom. The minimum absolute atomic E-state index is 0.0112. The van der Waals surface area contributed by atoms with Crippen LogP contribution in [0, 0.1) is 10.1 Å². The fourth-order valence-corrected chi connectivity index (χ4v) is 1.62. The highest BCUT2D eigenvalue weighted by molar-refractivity contribution is 5.91. The van der Waals surface area contributed by atoms with Crippen LogP contribution in [0.25, 0.3) is 11.4 Å². The smallest absolute Gasteiger partial charge is 0.360 e. The Morgan fingerprint density at radius 1 is 1.29 bits per heavy atom. The molecule has 2 aromatic rings. The number of rotatable bonds is 3. The number of hydrogen-bond acceptors (Lipinski definition) is 8.